The van der Waals surface area contributed by atoms with Gasteiger partial charge in [0, 0.05) is 14.4 Å². The normalized spacial score (nSPS) is 10.3. The molecular formula is C13H11BrClNOS. The van der Waals surface area contributed by atoms with Crippen LogP contribution in [0.15, 0.2) is 40.2 Å². The van der Waals surface area contributed by atoms with Gasteiger partial charge in [-0.3, -0.25) is 4.79 Å². The summed E-state index contributed by atoms with van der Waals surface area (Å²) in [7, 11) is 0. The number of nitrogens with one attached hydrogen (secondary N) is 1. The molecule has 18 heavy (non-hydrogen) atoms. The Hall–Kier alpha value is -0.840. The molecule has 0 saturated heterocycles. The van der Waals surface area contributed by atoms with Crippen molar-refractivity contribution in [1.29, 1.82) is 0 Å². The Balaban J connectivity index is 1.88. The minimum Gasteiger partial charge on any atom is -0.351 e. The van der Waals surface area contributed by atoms with Crippen LogP contribution in [0.25, 0.3) is 0 Å². The van der Waals surface area contributed by atoms with Crippen molar-refractivity contribution >= 4 is 44.8 Å². The summed E-state index contributed by atoms with van der Waals surface area (Å²) in [6.45, 7) is 0.553. The predicted octanol–water partition coefficient (Wildman–Crippen LogP) is 4.02. The number of carbonyl (C=O) groups excluding carboxylic acids is 1. The van der Waals surface area contributed by atoms with Gasteiger partial charge >= 0.3 is 0 Å². The molecule has 0 aliphatic carbocycles. The molecule has 2 rings (SSSR count). The van der Waals surface area contributed by atoms with Crippen LogP contribution in [-0.2, 0) is 17.8 Å². The third kappa shape index (κ3) is 3.83. The molecule has 1 aromatic carbocycles. The molecular weight excluding hydrogens is 334 g/mol. The predicted molar refractivity (Wildman–Crippen MR) is 79.0 cm³/mol. The lowest BCUT2D eigenvalue weighted by molar-refractivity contribution is -0.120. The first-order valence-corrected chi connectivity index (χ1v) is 7.43. The first-order chi connectivity index (χ1) is 8.65. The van der Waals surface area contributed by atoms with Gasteiger partial charge in [0.1, 0.15) is 0 Å². The van der Waals surface area contributed by atoms with Crippen LogP contribution in [0.4, 0.5) is 0 Å². The molecule has 0 aliphatic rings. The van der Waals surface area contributed by atoms with Gasteiger partial charge in [0.25, 0.3) is 0 Å². The molecule has 94 valence electrons. The summed E-state index contributed by atoms with van der Waals surface area (Å²) < 4.78 is 1.04. The fourth-order valence-electron chi connectivity index (χ4n) is 1.52. The van der Waals surface area contributed by atoms with Crippen LogP contribution in [-0.4, -0.2) is 5.91 Å². The van der Waals surface area contributed by atoms with Crippen LogP contribution in [0.5, 0.6) is 0 Å². The zero-order valence-corrected chi connectivity index (χ0v) is 12.6. The molecule has 0 fully saturated rings. The van der Waals surface area contributed by atoms with E-state index in [1.165, 1.54) is 0 Å². The van der Waals surface area contributed by atoms with E-state index >= 15 is 0 Å². The van der Waals surface area contributed by atoms with Gasteiger partial charge in [-0.25, -0.2) is 0 Å². The summed E-state index contributed by atoms with van der Waals surface area (Å²) in [5.41, 5.74) is 0.922. The highest BCUT2D eigenvalue weighted by atomic mass is 79.9. The Bertz CT molecular complexity index is 555. The summed E-state index contributed by atoms with van der Waals surface area (Å²) in [4.78, 5) is 12.9. The third-order valence-corrected chi connectivity index (χ3v) is 4.55. The van der Waals surface area contributed by atoms with Crippen molar-refractivity contribution in [3.63, 3.8) is 0 Å². The number of halogens is 2. The molecule has 0 atom stereocenters. The quantitative estimate of drug-likeness (QED) is 0.891. The van der Waals surface area contributed by atoms with Gasteiger partial charge in [-0.2, -0.15) is 0 Å². The number of rotatable bonds is 4. The standard InChI is InChI=1S/C13H11BrClNOS/c14-11-4-5-18-12(11)8-16-13(17)7-9-2-1-3-10(15)6-9/h1-6H,7-8H2,(H,16,17). The molecule has 1 amide bonds. The summed E-state index contributed by atoms with van der Waals surface area (Å²) in [5, 5.41) is 5.53. The van der Waals surface area contributed by atoms with E-state index < -0.39 is 0 Å². The van der Waals surface area contributed by atoms with Crippen molar-refractivity contribution in [2.45, 2.75) is 13.0 Å². The van der Waals surface area contributed by atoms with E-state index in [0.29, 0.717) is 18.0 Å². The fourth-order valence-corrected chi connectivity index (χ4v) is 3.17. The molecule has 0 radical (unpaired) electrons. The molecule has 1 N–H and O–H groups in total. The smallest absolute Gasteiger partial charge is 0.224 e. The average Bonchev–Trinajstić information content (AvgIpc) is 2.72. The number of benzene rings is 1. The Morgan fingerprint density at radius 2 is 2.22 bits per heavy atom. The number of thiophene rings is 1. The Labute approximate surface area is 123 Å². The van der Waals surface area contributed by atoms with Crippen LogP contribution >= 0.6 is 38.9 Å². The number of hydrogen-bond acceptors (Lipinski definition) is 2. The van der Waals surface area contributed by atoms with Crippen molar-refractivity contribution < 1.29 is 4.79 Å². The molecule has 1 heterocycles. The Kier molecular flexibility index (Phi) is 4.80. The van der Waals surface area contributed by atoms with Crippen LogP contribution in [0.3, 0.4) is 0 Å². The van der Waals surface area contributed by atoms with Crippen molar-refractivity contribution in [3.05, 3.63) is 55.6 Å². The van der Waals surface area contributed by atoms with E-state index in [9.17, 15) is 4.79 Å². The lowest BCUT2D eigenvalue weighted by atomic mass is 10.1. The highest BCUT2D eigenvalue weighted by molar-refractivity contribution is 9.10. The maximum atomic E-state index is 11.8. The maximum Gasteiger partial charge on any atom is 0.224 e. The monoisotopic (exact) mass is 343 g/mol. The second-order valence-corrected chi connectivity index (χ2v) is 6.07. The molecule has 0 spiro atoms. The first kappa shape index (κ1) is 13.6. The van der Waals surface area contributed by atoms with Crippen molar-refractivity contribution in [2.75, 3.05) is 0 Å². The highest BCUT2D eigenvalue weighted by Gasteiger charge is 2.06. The zero-order valence-electron chi connectivity index (χ0n) is 9.45. The SMILES string of the molecule is O=C(Cc1cccc(Cl)c1)NCc1sccc1Br. The molecule has 0 unspecified atom stereocenters. The van der Waals surface area contributed by atoms with Crippen molar-refractivity contribution in [3.8, 4) is 0 Å². The summed E-state index contributed by atoms with van der Waals surface area (Å²) in [6.07, 6.45) is 0.351. The largest absolute Gasteiger partial charge is 0.351 e. The second kappa shape index (κ2) is 6.36. The fraction of sp³-hybridized carbons (Fsp3) is 0.154. The van der Waals surface area contributed by atoms with Crippen molar-refractivity contribution in [1.82, 2.24) is 5.32 Å². The maximum absolute atomic E-state index is 11.8. The van der Waals surface area contributed by atoms with Gasteiger partial charge < -0.3 is 5.32 Å². The van der Waals surface area contributed by atoms with E-state index in [-0.39, 0.29) is 5.91 Å². The first-order valence-electron chi connectivity index (χ1n) is 5.38. The molecule has 0 bridgehead atoms. The van der Waals surface area contributed by atoms with E-state index in [1.54, 1.807) is 17.4 Å². The van der Waals surface area contributed by atoms with Crippen LogP contribution < -0.4 is 5.32 Å². The second-order valence-electron chi connectivity index (χ2n) is 3.78. The minimum atomic E-state index is -0.00225. The van der Waals surface area contributed by atoms with Gasteiger partial charge in [0.05, 0.1) is 13.0 Å². The highest BCUT2D eigenvalue weighted by Crippen LogP contribution is 2.22. The van der Waals surface area contributed by atoms with Gasteiger partial charge in [-0.1, -0.05) is 23.7 Å². The molecule has 1 aromatic heterocycles. The molecule has 0 aliphatic heterocycles. The van der Waals surface area contributed by atoms with Crippen LogP contribution in [0, 0.1) is 0 Å². The van der Waals surface area contributed by atoms with E-state index in [4.69, 9.17) is 11.6 Å². The Morgan fingerprint density at radius 3 is 2.89 bits per heavy atom. The van der Waals surface area contributed by atoms with E-state index in [2.05, 4.69) is 21.2 Å². The lowest BCUT2D eigenvalue weighted by Gasteiger charge is -2.04. The number of hydrogen-bond donors (Lipinski definition) is 1. The topological polar surface area (TPSA) is 29.1 Å². The van der Waals surface area contributed by atoms with Crippen molar-refractivity contribution in [2.24, 2.45) is 0 Å². The molecule has 2 nitrogen and oxygen atoms in total. The molecule has 5 heteroatoms. The Morgan fingerprint density at radius 1 is 1.39 bits per heavy atom. The molecule has 0 saturated carbocycles. The third-order valence-electron chi connectivity index (χ3n) is 2.39. The van der Waals surface area contributed by atoms with Gasteiger partial charge in [-0.05, 0) is 45.1 Å². The zero-order chi connectivity index (χ0) is 13.0. The number of amides is 1. The lowest BCUT2D eigenvalue weighted by Crippen LogP contribution is -2.24. The minimum absolute atomic E-state index is 0.00225. The number of carbonyl (C=O) groups is 1. The van der Waals surface area contributed by atoms with E-state index in [1.807, 2.05) is 29.6 Å². The summed E-state index contributed by atoms with van der Waals surface area (Å²) in [5.74, 6) is -0.00225. The summed E-state index contributed by atoms with van der Waals surface area (Å²) >= 11 is 10.9. The van der Waals surface area contributed by atoms with Gasteiger partial charge in [0.15, 0.2) is 0 Å². The van der Waals surface area contributed by atoms with E-state index in [0.717, 1.165) is 14.9 Å². The average molecular weight is 345 g/mol. The van der Waals surface area contributed by atoms with Gasteiger partial charge in [0.2, 0.25) is 5.91 Å². The van der Waals surface area contributed by atoms with Crippen LogP contribution in [0.2, 0.25) is 5.02 Å². The van der Waals surface area contributed by atoms with Gasteiger partial charge in [-0.15, -0.1) is 11.3 Å². The summed E-state index contributed by atoms with van der Waals surface area (Å²) in [6, 6.07) is 9.32. The van der Waals surface area contributed by atoms with Crippen LogP contribution in [0.1, 0.15) is 10.4 Å². The molecule has 2 aromatic rings.